The summed E-state index contributed by atoms with van der Waals surface area (Å²) in [5.74, 6) is 0. The molecule has 2 rings (SSSR count). The summed E-state index contributed by atoms with van der Waals surface area (Å²) in [6.07, 6.45) is 0. The van der Waals surface area contributed by atoms with E-state index in [9.17, 15) is 0 Å². The molecule has 0 bridgehead atoms. The van der Waals surface area contributed by atoms with Gasteiger partial charge in [0.2, 0.25) is 0 Å². The van der Waals surface area contributed by atoms with E-state index in [1.54, 1.807) is 18.2 Å². The standard InChI is InChI=1S/C7H8ClIN2.C7H9ClN2/c8-5-1-4(3-10)2-6(9)7(5)11;8-6-3-5(4-9)1-2-7(6)10/h1-2H,3,10-11H2;1-3H,4,9-10H2. The molecule has 0 saturated heterocycles. The molecule has 0 saturated carbocycles. The third-order valence-electron chi connectivity index (χ3n) is 2.68. The summed E-state index contributed by atoms with van der Waals surface area (Å²) in [7, 11) is 0. The molecule has 0 amide bonds. The summed E-state index contributed by atoms with van der Waals surface area (Å²) < 4.78 is 0.954. The Morgan fingerprint density at radius 2 is 1.43 bits per heavy atom. The minimum absolute atomic E-state index is 0.496. The van der Waals surface area contributed by atoms with Crippen LogP contribution in [0.4, 0.5) is 11.4 Å². The van der Waals surface area contributed by atoms with E-state index < -0.39 is 0 Å². The Balaban J connectivity index is 0.000000211. The molecule has 114 valence electrons. The Labute approximate surface area is 147 Å². The Morgan fingerprint density at radius 3 is 1.90 bits per heavy atom. The predicted octanol–water partition coefficient (Wildman–Crippen LogP) is 3.37. The van der Waals surface area contributed by atoms with Crippen molar-refractivity contribution in [1.82, 2.24) is 0 Å². The lowest BCUT2D eigenvalue weighted by molar-refractivity contribution is 1.07. The van der Waals surface area contributed by atoms with Gasteiger partial charge in [-0.25, -0.2) is 0 Å². The van der Waals surface area contributed by atoms with Gasteiger partial charge in [-0.05, 0) is 58.0 Å². The van der Waals surface area contributed by atoms with Crippen LogP contribution in [-0.2, 0) is 13.1 Å². The molecular formula is C14H17Cl2IN4. The first kappa shape index (κ1) is 18.3. The van der Waals surface area contributed by atoms with Gasteiger partial charge in [0.05, 0.1) is 21.4 Å². The van der Waals surface area contributed by atoms with E-state index in [1.807, 2.05) is 12.1 Å². The van der Waals surface area contributed by atoms with Crippen LogP contribution < -0.4 is 22.9 Å². The minimum atomic E-state index is 0.496. The molecule has 2 aromatic rings. The number of hydrogen-bond acceptors (Lipinski definition) is 4. The fourth-order valence-corrected chi connectivity index (χ4v) is 2.75. The number of hydrogen-bond donors (Lipinski definition) is 4. The molecule has 7 heteroatoms. The zero-order valence-electron chi connectivity index (χ0n) is 11.2. The molecule has 0 aliphatic heterocycles. The fourth-order valence-electron chi connectivity index (χ4n) is 1.45. The molecule has 2 aromatic carbocycles. The molecule has 0 radical (unpaired) electrons. The zero-order chi connectivity index (χ0) is 16.0. The summed E-state index contributed by atoms with van der Waals surface area (Å²) in [5.41, 5.74) is 25.1. The van der Waals surface area contributed by atoms with Crippen LogP contribution in [-0.4, -0.2) is 0 Å². The maximum Gasteiger partial charge on any atom is 0.0649 e. The molecule has 0 aliphatic rings. The Kier molecular flexibility index (Phi) is 7.55. The van der Waals surface area contributed by atoms with Gasteiger partial charge in [0.15, 0.2) is 0 Å². The third kappa shape index (κ3) is 5.52. The Morgan fingerprint density at radius 1 is 0.857 bits per heavy atom. The first-order valence-corrected chi connectivity index (χ1v) is 7.90. The average Bonchev–Trinajstić information content (AvgIpc) is 2.47. The topological polar surface area (TPSA) is 104 Å². The van der Waals surface area contributed by atoms with Crippen molar-refractivity contribution >= 4 is 57.2 Å². The highest BCUT2D eigenvalue weighted by Crippen LogP contribution is 2.25. The number of rotatable bonds is 2. The summed E-state index contributed by atoms with van der Waals surface area (Å²) >= 11 is 13.7. The van der Waals surface area contributed by atoms with E-state index in [4.69, 9.17) is 46.1 Å². The molecule has 0 unspecified atom stereocenters. The SMILES string of the molecule is NCc1cc(Cl)c(N)c(I)c1.NCc1ccc(N)c(Cl)c1. The third-order valence-corrected chi connectivity index (χ3v) is 4.21. The Bertz CT molecular complexity index is 597. The zero-order valence-corrected chi connectivity index (χ0v) is 14.9. The summed E-state index contributed by atoms with van der Waals surface area (Å²) in [6.45, 7) is 0.996. The molecular weight excluding hydrogens is 422 g/mol. The number of nitrogens with two attached hydrogens (primary N) is 4. The van der Waals surface area contributed by atoms with Gasteiger partial charge in [-0.1, -0.05) is 29.3 Å². The first-order chi connectivity index (χ1) is 9.88. The Hall–Kier alpha value is -0.730. The highest BCUT2D eigenvalue weighted by molar-refractivity contribution is 14.1. The molecule has 0 atom stereocenters. The van der Waals surface area contributed by atoms with Crippen LogP contribution in [0.15, 0.2) is 30.3 Å². The van der Waals surface area contributed by atoms with Crippen LogP contribution >= 0.6 is 45.8 Å². The summed E-state index contributed by atoms with van der Waals surface area (Å²) in [6, 6.07) is 9.11. The van der Waals surface area contributed by atoms with Crippen molar-refractivity contribution in [3.63, 3.8) is 0 Å². The highest BCUT2D eigenvalue weighted by Gasteiger charge is 2.02. The normalized spacial score (nSPS) is 9.95. The van der Waals surface area contributed by atoms with Crippen molar-refractivity contribution in [2.45, 2.75) is 13.1 Å². The van der Waals surface area contributed by atoms with Gasteiger partial charge in [-0.15, -0.1) is 0 Å². The number of anilines is 2. The lowest BCUT2D eigenvalue weighted by Gasteiger charge is -2.03. The summed E-state index contributed by atoms with van der Waals surface area (Å²) in [4.78, 5) is 0. The highest BCUT2D eigenvalue weighted by atomic mass is 127. The number of nitrogen functional groups attached to an aromatic ring is 2. The minimum Gasteiger partial charge on any atom is -0.398 e. The molecule has 21 heavy (non-hydrogen) atoms. The second kappa shape index (κ2) is 8.65. The van der Waals surface area contributed by atoms with Gasteiger partial charge < -0.3 is 22.9 Å². The second-order valence-electron chi connectivity index (χ2n) is 4.24. The maximum atomic E-state index is 5.81. The van der Waals surface area contributed by atoms with Crippen molar-refractivity contribution in [3.8, 4) is 0 Å². The van der Waals surface area contributed by atoms with Crippen LogP contribution in [0.3, 0.4) is 0 Å². The van der Waals surface area contributed by atoms with Crippen LogP contribution in [0.2, 0.25) is 10.0 Å². The van der Waals surface area contributed by atoms with Crippen molar-refractivity contribution in [1.29, 1.82) is 0 Å². The fraction of sp³-hybridized carbons (Fsp3) is 0.143. The molecule has 0 heterocycles. The van der Waals surface area contributed by atoms with Crippen molar-refractivity contribution in [3.05, 3.63) is 55.1 Å². The largest absolute Gasteiger partial charge is 0.398 e. The van der Waals surface area contributed by atoms with E-state index in [0.717, 1.165) is 14.7 Å². The van der Waals surface area contributed by atoms with E-state index in [1.165, 1.54) is 0 Å². The molecule has 0 spiro atoms. The van der Waals surface area contributed by atoms with Gasteiger partial charge in [-0.2, -0.15) is 0 Å². The van der Waals surface area contributed by atoms with Crippen molar-refractivity contribution in [2.75, 3.05) is 11.5 Å². The number of benzene rings is 2. The van der Waals surface area contributed by atoms with E-state index in [0.29, 0.717) is 34.5 Å². The number of halogens is 3. The van der Waals surface area contributed by atoms with Gasteiger partial charge >= 0.3 is 0 Å². The van der Waals surface area contributed by atoms with Crippen molar-refractivity contribution in [2.24, 2.45) is 11.5 Å². The molecule has 4 nitrogen and oxygen atoms in total. The second-order valence-corrected chi connectivity index (χ2v) is 6.21. The first-order valence-electron chi connectivity index (χ1n) is 6.06. The van der Waals surface area contributed by atoms with Gasteiger partial charge in [0.1, 0.15) is 0 Å². The molecule has 0 fully saturated rings. The van der Waals surface area contributed by atoms with E-state index >= 15 is 0 Å². The molecule has 8 N–H and O–H groups in total. The van der Waals surface area contributed by atoms with Gasteiger partial charge in [-0.3, -0.25) is 0 Å². The van der Waals surface area contributed by atoms with Crippen LogP contribution in [0.5, 0.6) is 0 Å². The van der Waals surface area contributed by atoms with E-state index in [-0.39, 0.29) is 0 Å². The lowest BCUT2D eigenvalue weighted by atomic mass is 10.2. The maximum absolute atomic E-state index is 5.81. The van der Waals surface area contributed by atoms with Crippen LogP contribution in [0.25, 0.3) is 0 Å². The van der Waals surface area contributed by atoms with Gasteiger partial charge in [0.25, 0.3) is 0 Å². The molecule has 0 aromatic heterocycles. The van der Waals surface area contributed by atoms with Crippen molar-refractivity contribution < 1.29 is 0 Å². The van der Waals surface area contributed by atoms with Crippen LogP contribution in [0.1, 0.15) is 11.1 Å². The summed E-state index contributed by atoms with van der Waals surface area (Å²) in [5, 5.41) is 1.15. The lowest BCUT2D eigenvalue weighted by Crippen LogP contribution is -1.99. The quantitative estimate of drug-likeness (QED) is 0.426. The predicted molar refractivity (Wildman–Crippen MR) is 100 cm³/mol. The average molecular weight is 439 g/mol. The van der Waals surface area contributed by atoms with E-state index in [2.05, 4.69) is 22.6 Å². The van der Waals surface area contributed by atoms with Gasteiger partial charge in [0, 0.05) is 16.7 Å². The monoisotopic (exact) mass is 438 g/mol. The molecule has 0 aliphatic carbocycles. The van der Waals surface area contributed by atoms with Crippen LogP contribution in [0, 0.1) is 3.57 Å². The smallest absolute Gasteiger partial charge is 0.0649 e.